The summed E-state index contributed by atoms with van der Waals surface area (Å²) in [5.74, 6) is -0.589. The fourth-order valence-electron chi connectivity index (χ4n) is 2.56. The number of aryl methyl sites for hydroxylation is 1. The van der Waals surface area contributed by atoms with Crippen LogP contribution in [-0.4, -0.2) is 21.2 Å². The summed E-state index contributed by atoms with van der Waals surface area (Å²) in [6, 6.07) is 4.56. The third-order valence-electron chi connectivity index (χ3n) is 3.57. The van der Waals surface area contributed by atoms with Crippen molar-refractivity contribution in [1.29, 1.82) is 0 Å². The lowest BCUT2D eigenvalue weighted by Crippen LogP contribution is -2.11. The summed E-state index contributed by atoms with van der Waals surface area (Å²) < 4.78 is 70.2. The monoisotopic (exact) mass is 358 g/mol. The molecule has 3 rings (SSSR count). The van der Waals surface area contributed by atoms with Gasteiger partial charge in [-0.15, -0.1) is 10.2 Å². The second-order valence-corrected chi connectivity index (χ2v) is 5.21. The number of rotatable bonds is 3. The molecule has 25 heavy (non-hydrogen) atoms. The highest BCUT2D eigenvalue weighted by molar-refractivity contribution is 5.83. The first-order valence-corrected chi connectivity index (χ1v) is 6.94. The van der Waals surface area contributed by atoms with Crippen molar-refractivity contribution in [3.8, 4) is 17.0 Å². The van der Waals surface area contributed by atoms with E-state index in [1.807, 2.05) is 0 Å². The molecule has 2 heterocycles. The van der Waals surface area contributed by atoms with Crippen LogP contribution in [-0.2, 0) is 6.18 Å². The van der Waals surface area contributed by atoms with Crippen molar-refractivity contribution in [2.24, 2.45) is 0 Å². The molecule has 132 valence electrons. The minimum absolute atomic E-state index is 0.00972. The molecule has 0 aliphatic heterocycles. The van der Waals surface area contributed by atoms with Crippen molar-refractivity contribution < 1.29 is 26.7 Å². The number of alkyl halides is 5. The number of benzene rings is 1. The fraction of sp³-hybridized carbons (Fsp3) is 0.200. The Morgan fingerprint density at radius 1 is 1.20 bits per heavy atom. The Labute approximate surface area is 137 Å². The lowest BCUT2D eigenvalue weighted by molar-refractivity contribution is -0.138. The highest BCUT2D eigenvalue weighted by Gasteiger charge is 2.33. The van der Waals surface area contributed by atoms with Crippen molar-refractivity contribution >= 4 is 11.5 Å². The van der Waals surface area contributed by atoms with Gasteiger partial charge in [-0.05, 0) is 36.8 Å². The number of ether oxygens (including phenoxy) is 1. The lowest BCUT2D eigenvalue weighted by atomic mass is 10.00. The molecule has 1 aromatic carbocycles. The molecule has 0 saturated carbocycles. The van der Waals surface area contributed by atoms with Crippen LogP contribution in [0.3, 0.4) is 0 Å². The Bertz CT molecular complexity index is 936. The SMILES string of the molecule is Cc1cc(C(F)(F)F)cc(OC(F)F)c1-c1nnc(N)n2cccc12. The Morgan fingerprint density at radius 2 is 1.92 bits per heavy atom. The van der Waals surface area contributed by atoms with Crippen LogP contribution in [0.5, 0.6) is 5.75 Å². The van der Waals surface area contributed by atoms with E-state index in [-0.39, 0.29) is 22.8 Å². The lowest BCUT2D eigenvalue weighted by Gasteiger charge is -2.17. The van der Waals surface area contributed by atoms with Gasteiger partial charge in [0.15, 0.2) is 0 Å². The summed E-state index contributed by atoms with van der Waals surface area (Å²) in [5.41, 5.74) is 5.11. The van der Waals surface area contributed by atoms with E-state index in [4.69, 9.17) is 5.73 Å². The van der Waals surface area contributed by atoms with Gasteiger partial charge in [-0.3, -0.25) is 4.40 Å². The Morgan fingerprint density at radius 3 is 2.56 bits per heavy atom. The van der Waals surface area contributed by atoms with Crippen LogP contribution in [0.25, 0.3) is 16.8 Å². The second-order valence-electron chi connectivity index (χ2n) is 5.21. The standard InChI is InChI=1S/C15H11F5N4O/c1-7-5-8(15(18,19)20)6-10(25-13(16)17)11(7)12-9-3-2-4-24(9)14(21)23-22-12/h2-6,13H,1H3,(H2,21,23). The molecule has 0 aliphatic rings. The molecular formula is C15H11F5N4O. The van der Waals surface area contributed by atoms with Crippen molar-refractivity contribution in [2.45, 2.75) is 19.7 Å². The molecule has 0 spiro atoms. The van der Waals surface area contributed by atoms with Gasteiger partial charge < -0.3 is 10.5 Å². The number of fused-ring (bicyclic) bond motifs is 1. The minimum atomic E-state index is -4.71. The van der Waals surface area contributed by atoms with Crippen molar-refractivity contribution in [1.82, 2.24) is 14.6 Å². The molecule has 0 atom stereocenters. The Hall–Kier alpha value is -2.91. The van der Waals surface area contributed by atoms with Gasteiger partial charge in [0.05, 0.1) is 11.1 Å². The zero-order valence-corrected chi connectivity index (χ0v) is 12.7. The zero-order chi connectivity index (χ0) is 18.4. The quantitative estimate of drug-likeness (QED) is 0.721. The molecule has 5 nitrogen and oxygen atoms in total. The first-order chi connectivity index (χ1) is 11.7. The van der Waals surface area contributed by atoms with Crippen LogP contribution < -0.4 is 10.5 Å². The molecular weight excluding hydrogens is 347 g/mol. The Kier molecular flexibility index (Phi) is 3.97. The number of hydrogen-bond donors (Lipinski definition) is 1. The second kappa shape index (κ2) is 5.87. The van der Waals surface area contributed by atoms with Gasteiger partial charge >= 0.3 is 12.8 Å². The fourth-order valence-corrected chi connectivity index (χ4v) is 2.56. The number of anilines is 1. The van der Waals surface area contributed by atoms with Gasteiger partial charge in [-0.2, -0.15) is 22.0 Å². The van der Waals surface area contributed by atoms with Gasteiger partial charge in [0.2, 0.25) is 5.95 Å². The molecule has 2 N–H and O–H groups in total. The number of nitrogens with two attached hydrogens (primary N) is 1. The summed E-state index contributed by atoms with van der Waals surface area (Å²) >= 11 is 0. The van der Waals surface area contributed by atoms with E-state index in [1.165, 1.54) is 11.3 Å². The largest absolute Gasteiger partial charge is 0.434 e. The van der Waals surface area contributed by atoms with E-state index in [9.17, 15) is 22.0 Å². The number of hydrogen-bond acceptors (Lipinski definition) is 4. The average molecular weight is 358 g/mol. The van der Waals surface area contributed by atoms with Crippen molar-refractivity contribution in [3.05, 3.63) is 41.6 Å². The number of nitrogen functional groups attached to an aromatic ring is 1. The number of halogens is 5. The van der Waals surface area contributed by atoms with E-state index in [0.717, 1.165) is 6.07 Å². The molecule has 2 aromatic heterocycles. The van der Waals surface area contributed by atoms with Crippen molar-refractivity contribution in [2.75, 3.05) is 5.73 Å². The van der Waals surface area contributed by atoms with Crippen LogP contribution in [0.1, 0.15) is 11.1 Å². The van der Waals surface area contributed by atoms with E-state index >= 15 is 0 Å². The maximum Gasteiger partial charge on any atom is 0.416 e. The first-order valence-electron chi connectivity index (χ1n) is 6.94. The molecule has 0 aliphatic carbocycles. The smallest absolute Gasteiger partial charge is 0.416 e. The van der Waals surface area contributed by atoms with Crippen LogP contribution in [0, 0.1) is 6.92 Å². The predicted molar refractivity (Wildman–Crippen MR) is 79.2 cm³/mol. The Balaban J connectivity index is 2.30. The molecule has 0 amide bonds. The average Bonchev–Trinajstić information content (AvgIpc) is 2.97. The predicted octanol–water partition coefficient (Wildman–Crippen LogP) is 3.91. The molecule has 0 saturated heterocycles. The van der Waals surface area contributed by atoms with Gasteiger partial charge in [0.25, 0.3) is 0 Å². The number of aromatic nitrogens is 3. The summed E-state index contributed by atoms with van der Waals surface area (Å²) in [6.07, 6.45) is -3.14. The highest BCUT2D eigenvalue weighted by atomic mass is 19.4. The summed E-state index contributed by atoms with van der Waals surface area (Å²) in [6.45, 7) is -1.95. The number of nitrogens with zero attached hydrogens (tertiary/aromatic N) is 3. The zero-order valence-electron chi connectivity index (χ0n) is 12.7. The summed E-state index contributed by atoms with van der Waals surface area (Å²) in [4.78, 5) is 0. The molecule has 3 aromatic rings. The third kappa shape index (κ3) is 3.06. The molecule has 0 unspecified atom stereocenters. The van der Waals surface area contributed by atoms with Crippen LogP contribution in [0.2, 0.25) is 0 Å². The topological polar surface area (TPSA) is 65.4 Å². The molecule has 0 radical (unpaired) electrons. The molecule has 10 heteroatoms. The highest BCUT2D eigenvalue weighted by Crippen LogP contribution is 2.40. The minimum Gasteiger partial charge on any atom is -0.434 e. The third-order valence-corrected chi connectivity index (χ3v) is 3.57. The summed E-state index contributed by atoms with van der Waals surface area (Å²) in [7, 11) is 0. The van der Waals surface area contributed by atoms with E-state index in [0.29, 0.717) is 11.6 Å². The van der Waals surface area contributed by atoms with Gasteiger partial charge in [0.1, 0.15) is 11.4 Å². The van der Waals surface area contributed by atoms with Crippen LogP contribution >= 0.6 is 0 Å². The molecule has 0 bridgehead atoms. The summed E-state index contributed by atoms with van der Waals surface area (Å²) in [5, 5.41) is 7.58. The maximum absolute atomic E-state index is 13.0. The van der Waals surface area contributed by atoms with Gasteiger partial charge in [0, 0.05) is 11.8 Å². The maximum atomic E-state index is 13.0. The van der Waals surface area contributed by atoms with E-state index in [2.05, 4.69) is 14.9 Å². The van der Waals surface area contributed by atoms with E-state index in [1.54, 1.807) is 18.3 Å². The van der Waals surface area contributed by atoms with Crippen LogP contribution in [0.4, 0.5) is 27.9 Å². The van der Waals surface area contributed by atoms with Crippen LogP contribution in [0.15, 0.2) is 30.5 Å². The molecule has 0 fully saturated rings. The van der Waals surface area contributed by atoms with Crippen molar-refractivity contribution in [3.63, 3.8) is 0 Å². The van der Waals surface area contributed by atoms with Gasteiger partial charge in [-0.25, -0.2) is 0 Å². The van der Waals surface area contributed by atoms with E-state index < -0.39 is 24.1 Å². The van der Waals surface area contributed by atoms with Gasteiger partial charge in [-0.1, -0.05) is 0 Å². The first kappa shape index (κ1) is 16.9. The normalized spacial score (nSPS) is 12.1.